The quantitative estimate of drug-likeness (QED) is 0.366. The Kier molecular flexibility index (Phi) is 10.2. The molecule has 0 bridgehead atoms. The zero-order chi connectivity index (χ0) is 27.2. The molecule has 3 rings (SSSR count). The number of aryl methyl sites for hydroxylation is 1. The van der Waals surface area contributed by atoms with Gasteiger partial charge in [0, 0.05) is 37.6 Å². The second-order valence-corrected chi connectivity index (χ2v) is 10.6. The normalized spacial score (nSPS) is 11.6. The number of rotatable bonds is 5. The molecule has 0 spiro atoms. The van der Waals surface area contributed by atoms with Crippen LogP contribution in [0, 0.1) is 19.7 Å². The van der Waals surface area contributed by atoms with Crippen molar-refractivity contribution >= 4 is 39.1 Å². The van der Waals surface area contributed by atoms with Crippen LogP contribution in [0.25, 0.3) is 0 Å². The number of aromatic nitrogens is 2. The number of hydrogen-bond donors (Lipinski definition) is 2. The lowest BCUT2D eigenvalue weighted by Crippen LogP contribution is -2.32. The standard InChI is InChI=1S/C16H19FN4O.C8H9Cl2NO2S/c1-10-14(15(18-2)21(3)4)16(22)20-13(19-10)9-11-5-7-12(17)8-6-11;1-5-7(9)3-6(4-8(5)10)14(12,13)11-2/h5-8H,9H2,1-4H3,(H,19,20,22);3-4,11H,1-2H3. The maximum Gasteiger partial charge on any atom is 0.262 e. The van der Waals surface area contributed by atoms with Crippen LogP contribution in [0.3, 0.4) is 0 Å². The molecular formula is C24H28Cl2FN5O3S. The first-order chi connectivity index (χ1) is 16.8. The van der Waals surface area contributed by atoms with Gasteiger partial charge in [-0.3, -0.25) is 9.79 Å². The summed E-state index contributed by atoms with van der Waals surface area (Å²) < 4.78 is 37.9. The van der Waals surface area contributed by atoms with E-state index in [-0.39, 0.29) is 16.3 Å². The van der Waals surface area contributed by atoms with Gasteiger partial charge in [0.05, 0.1) is 10.6 Å². The maximum atomic E-state index is 12.9. The van der Waals surface area contributed by atoms with Crippen LogP contribution in [0.5, 0.6) is 0 Å². The molecule has 0 radical (unpaired) electrons. The number of sulfonamides is 1. The van der Waals surface area contributed by atoms with Gasteiger partial charge in [0.1, 0.15) is 23.0 Å². The molecule has 0 fully saturated rings. The van der Waals surface area contributed by atoms with E-state index in [1.165, 1.54) is 31.3 Å². The predicted octanol–water partition coefficient (Wildman–Crippen LogP) is 3.96. The van der Waals surface area contributed by atoms with Gasteiger partial charge in [0.25, 0.3) is 5.56 Å². The molecule has 1 aromatic heterocycles. The lowest BCUT2D eigenvalue weighted by Gasteiger charge is -2.16. The van der Waals surface area contributed by atoms with E-state index in [1.54, 1.807) is 37.9 Å². The van der Waals surface area contributed by atoms with Crippen molar-refractivity contribution in [1.29, 1.82) is 0 Å². The molecule has 3 aromatic rings. The molecule has 0 amide bonds. The Bertz CT molecular complexity index is 1400. The minimum absolute atomic E-state index is 0.0700. The van der Waals surface area contributed by atoms with E-state index in [9.17, 15) is 17.6 Å². The molecule has 0 saturated heterocycles. The molecule has 0 aliphatic rings. The van der Waals surface area contributed by atoms with Gasteiger partial charge in [-0.05, 0) is 56.3 Å². The van der Waals surface area contributed by atoms with Gasteiger partial charge < -0.3 is 9.88 Å². The highest BCUT2D eigenvalue weighted by atomic mass is 35.5. The van der Waals surface area contributed by atoms with E-state index in [0.29, 0.717) is 44.9 Å². The molecule has 0 aliphatic carbocycles. The first-order valence-corrected chi connectivity index (χ1v) is 12.9. The zero-order valence-corrected chi connectivity index (χ0v) is 23.1. The Hall–Kier alpha value is -2.79. The van der Waals surface area contributed by atoms with Crippen molar-refractivity contribution in [1.82, 2.24) is 19.6 Å². The molecule has 194 valence electrons. The largest absolute Gasteiger partial charge is 0.362 e. The fraction of sp³-hybridized carbons (Fsp3) is 0.292. The first kappa shape index (κ1) is 29.4. The lowest BCUT2D eigenvalue weighted by molar-refractivity contribution is 0.588. The highest BCUT2D eigenvalue weighted by Crippen LogP contribution is 2.27. The topological polar surface area (TPSA) is 108 Å². The number of halogens is 3. The van der Waals surface area contributed by atoms with E-state index < -0.39 is 10.0 Å². The third kappa shape index (κ3) is 7.36. The molecular weight excluding hydrogens is 528 g/mol. The van der Waals surface area contributed by atoms with Crippen molar-refractivity contribution in [3.63, 3.8) is 0 Å². The van der Waals surface area contributed by atoms with Crippen LogP contribution < -0.4 is 10.3 Å². The number of nitrogens with zero attached hydrogens (tertiary/aromatic N) is 3. The van der Waals surface area contributed by atoms with Crippen LogP contribution >= 0.6 is 23.2 Å². The van der Waals surface area contributed by atoms with Gasteiger partial charge in [0.15, 0.2) is 0 Å². The third-order valence-electron chi connectivity index (χ3n) is 5.13. The summed E-state index contributed by atoms with van der Waals surface area (Å²) in [5.74, 6) is 0.846. The number of benzene rings is 2. The summed E-state index contributed by atoms with van der Waals surface area (Å²) in [5, 5.41) is 0.678. The van der Waals surface area contributed by atoms with E-state index >= 15 is 0 Å². The summed E-state index contributed by atoms with van der Waals surface area (Å²) in [6, 6.07) is 8.88. The van der Waals surface area contributed by atoms with Gasteiger partial charge in [0.2, 0.25) is 10.0 Å². The molecule has 36 heavy (non-hydrogen) atoms. The fourth-order valence-corrected chi connectivity index (χ4v) is 4.62. The number of aliphatic imine (C=N–C) groups is 1. The molecule has 0 saturated carbocycles. The molecule has 0 aliphatic heterocycles. The van der Waals surface area contributed by atoms with Crippen LogP contribution in [-0.4, -0.2) is 57.3 Å². The minimum atomic E-state index is -3.48. The SMILES string of the molecule is CN=C(c1c(C)nc(Cc2ccc(F)cc2)[nH]c1=O)N(C)C.CNS(=O)(=O)c1cc(Cl)c(C)c(Cl)c1. The number of amidine groups is 1. The number of nitrogens with one attached hydrogen (secondary N) is 2. The summed E-state index contributed by atoms with van der Waals surface area (Å²) >= 11 is 11.6. The average molecular weight is 556 g/mol. The molecule has 2 aromatic carbocycles. The second kappa shape index (κ2) is 12.4. The van der Waals surface area contributed by atoms with Gasteiger partial charge >= 0.3 is 0 Å². The van der Waals surface area contributed by atoms with Gasteiger partial charge in [-0.25, -0.2) is 22.5 Å². The lowest BCUT2D eigenvalue weighted by atomic mass is 10.1. The summed E-state index contributed by atoms with van der Waals surface area (Å²) in [4.78, 5) is 25.6. The second-order valence-electron chi connectivity index (χ2n) is 7.94. The maximum absolute atomic E-state index is 12.9. The van der Waals surface area contributed by atoms with Crippen LogP contribution in [0.4, 0.5) is 4.39 Å². The van der Waals surface area contributed by atoms with Crippen molar-refractivity contribution < 1.29 is 12.8 Å². The summed E-state index contributed by atoms with van der Waals surface area (Å²) in [6.45, 7) is 3.51. The van der Waals surface area contributed by atoms with Crippen molar-refractivity contribution in [2.75, 3.05) is 28.2 Å². The molecule has 0 atom stereocenters. The van der Waals surface area contributed by atoms with E-state index in [2.05, 4.69) is 19.7 Å². The highest BCUT2D eigenvalue weighted by Gasteiger charge is 2.16. The van der Waals surface area contributed by atoms with Crippen LogP contribution in [0.2, 0.25) is 10.0 Å². The van der Waals surface area contributed by atoms with Crippen molar-refractivity contribution in [3.05, 3.63) is 90.8 Å². The summed E-state index contributed by atoms with van der Waals surface area (Å²) in [5.41, 5.74) is 2.42. The van der Waals surface area contributed by atoms with Gasteiger partial charge in [-0.1, -0.05) is 35.3 Å². The van der Waals surface area contributed by atoms with Crippen LogP contribution in [0.1, 0.15) is 28.2 Å². The van der Waals surface area contributed by atoms with Crippen LogP contribution in [0.15, 0.2) is 51.1 Å². The fourth-order valence-electron chi connectivity index (χ4n) is 3.22. The van der Waals surface area contributed by atoms with Gasteiger partial charge in [-0.2, -0.15) is 0 Å². The Morgan fingerprint density at radius 1 is 1.14 bits per heavy atom. The molecule has 8 nitrogen and oxygen atoms in total. The number of H-pyrrole nitrogens is 1. The molecule has 12 heteroatoms. The Balaban J connectivity index is 0.000000281. The number of hydrogen-bond acceptors (Lipinski definition) is 5. The van der Waals surface area contributed by atoms with Gasteiger partial charge in [-0.15, -0.1) is 0 Å². The number of aromatic amines is 1. The summed E-state index contributed by atoms with van der Waals surface area (Å²) in [6.07, 6.45) is 0.442. The monoisotopic (exact) mass is 555 g/mol. The minimum Gasteiger partial charge on any atom is -0.362 e. The van der Waals surface area contributed by atoms with E-state index in [4.69, 9.17) is 23.2 Å². The Labute approximate surface area is 220 Å². The van der Waals surface area contributed by atoms with Crippen molar-refractivity contribution in [2.24, 2.45) is 4.99 Å². The van der Waals surface area contributed by atoms with Crippen molar-refractivity contribution in [2.45, 2.75) is 25.2 Å². The van der Waals surface area contributed by atoms with Crippen LogP contribution in [-0.2, 0) is 16.4 Å². The molecule has 2 N–H and O–H groups in total. The third-order valence-corrected chi connectivity index (χ3v) is 7.31. The highest BCUT2D eigenvalue weighted by molar-refractivity contribution is 7.89. The molecule has 0 unspecified atom stereocenters. The Morgan fingerprint density at radius 3 is 2.14 bits per heavy atom. The Morgan fingerprint density at radius 2 is 1.69 bits per heavy atom. The molecule has 1 heterocycles. The smallest absolute Gasteiger partial charge is 0.262 e. The van der Waals surface area contributed by atoms with E-state index in [1.807, 2.05) is 14.1 Å². The average Bonchev–Trinajstić information content (AvgIpc) is 2.81. The predicted molar refractivity (Wildman–Crippen MR) is 142 cm³/mol. The van der Waals surface area contributed by atoms with E-state index in [0.717, 1.165) is 5.56 Å². The van der Waals surface area contributed by atoms with Crippen molar-refractivity contribution in [3.8, 4) is 0 Å². The first-order valence-electron chi connectivity index (χ1n) is 10.7. The zero-order valence-electron chi connectivity index (χ0n) is 20.8. The summed E-state index contributed by atoms with van der Waals surface area (Å²) in [7, 11) is 3.15.